The van der Waals surface area contributed by atoms with Crippen molar-refractivity contribution in [2.75, 3.05) is 56.7 Å². The van der Waals surface area contributed by atoms with E-state index in [-0.39, 0.29) is 0 Å². The summed E-state index contributed by atoms with van der Waals surface area (Å²) < 4.78 is 17.2. The SMILES string of the molecule is c1ccc(OCCSCc2nnc(-c3ccc(N4CCC(N5CCCOCC5)C4)cc3)o2)cc1. The number of hydrogen-bond donors (Lipinski definition) is 0. The molecule has 1 aromatic heterocycles. The van der Waals surface area contributed by atoms with Crippen LogP contribution < -0.4 is 9.64 Å². The van der Waals surface area contributed by atoms with Crippen LogP contribution in [0.1, 0.15) is 18.7 Å². The predicted molar refractivity (Wildman–Crippen MR) is 135 cm³/mol. The van der Waals surface area contributed by atoms with Crippen molar-refractivity contribution in [3.05, 3.63) is 60.5 Å². The van der Waals surface area contributed by atoms with E-state index >= 15 is 0 Å². The number of nitrogens with zero attached hydrogens (tertiary/aromatic N) is 4. The molecule has 34 heavy (non-hydrogen) atoms. The Morgan fingerprint density at radius 3 is 2.74 bits per heavy atom. The first kappa shape index (κ1) is 23.2. The molecular weight excluding hydrogens is 448 g/mol. The normalized spacial score (nSPS) is 19.3. The molecule has 2 aliphatic heterocycles. The van der Waals surface area contributed by atoms with Gasteiger partial charge >= 0.3 is 0 Å². The summed E-state index contributed by atoms with van der Waals surface area (Å²) in [5.74, 6) is 3.66. The molecule has 2 saturated heterocycles. The number of hydrogen-bond acceptors (Lipinski definition) is 8. The van der Waals surface area contributed by atoms with Crippen molar-refractivity contribution in [1.29, 1.82) is 0 Å². The van der Waals surface area contributed by atoms with E-state index in [0.717, 1.165) is 62.9 Å². The fourth-order valence-electron chi connectivity index (χ4n) is 4.54. The van der Waals surface area contributed by atoms with Crippen LogP contribution in [0.2, 0.25) is 0 Å². The molecule has 2 aliphatic rings. The van der Waals surface area contributed by atoms with Gasteiger partial charge in [-0.05, 0) is 49.2 Å². The Hall–Kier alpha value is -2.55. The first-order valence-electron chi connectivity index (χ1n) is 12.1. The van der Waals surface area contributed by atoms with Crippen molar-refractivity contribution in [3.8, 4) is 17.2 Å². The number of rotatable bonds is 9. The highest BCUT2D eigenvalue weighted by atomic mass is 32.2. The van der Waals surface area contributed by atoms with Gasteiger partial charge in [-0.1, -0.05) is 18.2 Å². The molecule has 0 N–H and O–H groups in total. The molecule has 0 spiro atoms. The molecular formula is C26H32N4O3S. The molecule has 0 saturated carbocycles. The van der Waals surface area contributed by atoms with Crippen molar-refractivity contribution in [3.63, 3.8) is 0 Å². The Morgan fingerprint density at radius 1 is 0.971 bits per heavy atom. The quantitative estimate of drug-likeness (QED) is 0.419. The van der Waals surface area contributed by atoms with Crippen LogP contribution in [-0.2, 0) is 10.5 Å². The van der Waals surface area contributed by atoms with Gasteiger partial charge < -0.3 is 18.8 Å². The lowest BCUT2D eigenvalue weighted by Crippen LogP contribution is -2.39. The van der Waals surface area contributed by atoms with E-state index in [1.807, 2.05) is 30.3 Å². The Labute approximate surface area is 205 Å². The van der Waals surface area contributed by atoms with Crippen molar-refractivity contribution < 1.29 is 13.9 Å². The van der Waals surface area contributed by atoms with Gasteiger partial charge in [0.15, 0.2) is 0 Å². The zero-order valence-electron chi connectivity index (χ0n) is 19.5. The number of para-hydroxylation sites is 1. The van der Waals surface area contributed by atoms with Crippen LogP contribution in [0.4, 0.5) is 5.69 Å². The van der Waals surface area contributed by atoms with Crippen LogP contribution in [-0.4, -0.2) is 72.9 Å². The largest absolute Gasteiger partial charge is 0.493 e. The summed E-state index contributed by atoms with van der Waals surface area (Å²) in [5.41, 5.74) is 2.21. The number of anilines is 1. The molecule has 1 atom stereocenters. The highest BCUT2D eigenvalue weighted by molar-refractivity contribution is 7.98. The van der Waals surface area contributed by atoms with Gasteiger partial charge in [0.05, 0.1) is 19.0 Å². The second kappa shape index (κ2) is 11.7. The third-order valence-corrected chi connectivity index (χ3v) is 7.25. The average Bonchev–Trinajstić information content (AvgIpc) is 3.49. The van der Waals surface area contributed by atoms with Gasteiger partial charge in [-0.15, -0.1) is 22.0 Å². The van der Waals surface area contributed by atoms with E-state index < -0.39 is 0 Å². The maximum absolute atomic E-state index is 5.89. The lowest BCUT2D eigenvalue weighted by molar-refractivity contribution is 0.134. The third kappa shape index (κ3) is 6.11. The maximum Gasteiger partial charge on any atom is 0.247 e. The van der Waals surface area contributed by atoms with Crippen LogP contribution in [0.5, 0.6) is 5.75 Å². The van der Waals surface area contributed by atoms with Crippen LogP contribution >= 0.6 is 11.8 Å². The Morgan fingerprint density at radius 2 is 1.85 bits per heavy atom. The van der Waals surface area contributed by atoms with Gasteiger partial charge in [0.1, 0.15) is 5.75 Å². The minimum atomic E-state index is 0.576. The van der Waals surface area contributed by atoms with Crippen molar-refractivity contribution >= 4 is 17.4 Å². The Balaban J connectivity index is 1.08. The van der Waals surface area contributed by atoms with Crippen LogP contribution in [0, 0.1) is 0 Å². The summed E-state index contributed by atoms with van der Waals surface area (Å²) in [5, 5.41) is 8.46. The van der Waals surface area contributed by atoms with E-state index in [9.17, 15) is 0 Å². The molecule has 2 fully saturated rings. The number of thioether (sulfide) groups is 1. The Kier molecular flexibility index (Phi) is 8.01. The Bertz CT molecular complexity index is 1010. The molecule has 2 aromatic carbocycles. The molecule has 7 nitrogen and oxygen atoms in total. The van der Waals surface area contributed by atoms with Gasteiger partial charge in [0.2, 0.25) is 11.8 Å². The fourth-order valence-corrected chi connectivity index (χ4v) is 5.18. The summed E-state index contributed by atoms with van der Waals surface area (Å²) in [7, 11) is 0. The summed E-state index contributed by atoms with van der Waals surface area (Å²) >= 11 is 1.73. The predicted octanol–water partition coefficient (Wildman–Crippen LogP) is 4.35. The zero-order chi connectivity index (χ0) is 23.0. The van der Waals surface area contributed by atoms with Gasteiger partial charge in [-0.25, -0.2) is 0 Å². The number of benzene rings is 2. The molecule has 3 heterocycles. The topological polar surface area (TPSA) is 63.9 Å². The molecule has 8 heteroatoms. The highest BCUT2D eigenvalue weighted by Gasteiger charge is 2.28. The fraction of sp³-hybridized carbons (Fsp3) is 0.462. The smallest absolute Gasteiger partial charge is 0.247 e. The van der Waals surface area contributed by atoms with Crippen molar-refractivity contribution in [2.24, 2.45) is 0 Å². The maximum atomic E-state index is 5.89. The molecule has 0 aliphatic carbocycles. The lowest BCUT2D eigenvalue weighted by atomic mass is 10.2. The molecule has 5 rings (SSSR count). The van der Waals surface area contributed by atoms with E-state index in [2.05, 4.69) is 44.3 Å². The van der Waals surface area contributed by atoms with Crippen LogP contribution in [0.15, 0.2) is 59.0 Å². The summed E-state index contributed by atoms with van der Waals surface area (Å²) in [6.45, 7) is 6.78. The number of aromatic nitrogens is 2. The van der Waals surface area contributed by atoms with E-state index in [0.29, 0.717) is 30.2 Å². The van der Waals surface area contributed by atoms with Gasteiger partial charge in [-0.3, -0.25) is 4.90 Å². The highest BCUT2D eigenvalue weighted by Crippen LogP contribution is 2.27. The molecule has 3 aromatic rings. The second-order valence-electron chi connectivity index (χ2n) is 8.65. The molecule has 0 radical (unpaired) electrons. The lowest BCUT2D eigenvalue weighted by Gasteiger charge is -2.27. The monoisotopic (exact) mass is 480 g/mol. The molecule has 1 unspecified atom stereocenters. The van der Waals surface area contributed by atoms with E-state index in [1.165, 1.54) is 12.1 Å². The van der Waals surface area contributed by atoms with Gasteiger partial charge in [0.25, 0.3) is 0 Å². The summed E-state index contributed by atoms with van der Waals surface area (Å²) in [6.07, 6.45) is 2.35. The van der Waals surface area contributed by atoms with Crippen LogP contribution in [0.3, 0.4) is 0 Å². The molecule has 0 amide bonds. The van der Waals surface area contributed by atoms with Crippen molar-refractivity contribution in [2.45, 2.75) is 24.6 Å². The average molecular weight is 481 g/mol. The summed E-state index contributed by atoms with van der Waals surface area (Å²) in [6, 6.07) is 19.0. The standard InChI is InChI=1S/C26H32N4O3S/c1-2-5-24(6-3-1)32-17-18-34-20-25-27-28-26(33-25)21-7-9-22(10-8-21)30-13-11-23(19-30)29-12-4-15-31-16-14-29/h1-3,5-10,23H,4,11-20H2. The first-order chi connectivity index (χ1) is 16.8. The minimum absolute atomic E-state index is 0.576. The first-order valence-corrected chi connectivity index (χ1v) is 13.3. The van der Waals surface area contributed by atoms with E-state index in [4.69, 9.17) is 13.9 Å². The molecule has 180 valence electrons. The number of ether oxygens (including phenoxy) is 2. The third-order valence-electron chi connectivity index (χ3n) is 6.35. The zero-order valence-corrected chi connectivity index (χ0v) is 20.3. The van der Waals surface area contributed by atoms with Crippen LogP contribution in [0.25, 0.3) is 11.5 Å². The van der Waals surface area contributed by atoms with Crippen molar-refractivity contribution in [1.82, 2.24) is 15.1 Å². The van der Waals surface area contributed by atoms with Gasteiger partial charge in [-0.2, -0.15) is 0 Å². The molecule has 0 bridgehead atoms. The van der Waals surface area contributed by atoms with Gasteiger partial charge in [0, 0.05) is 55.8 Å². The van der Waals surface area contributed by atoms with E-state index in [1.54, 1.807) is 11.8 Å². The minimum Gasteiger partial charge on any atom is -0.493 e. The second-order valence-corrected chi connectivity index (χ2v) is 9.76. The summed E-state index contributed by atoms with van der Waals surface area (Å²) in [4.78, 5) is 5.08.